The summed E-state index contributed by atoms with van der Waals surface area (Å²) in [6.45, 7) is 0.410. The van der Waals surface area contributed by atoms with Gasteiger partial charge in [0.2, 0.25) is 0 Å². The van der Waals surface area contributed by atoms with E-state index in [1.54, 1.807) is 0 Å². The molecule has 0 aliphatic rings. The summed E-state index contributed by atoms with van der Waals surface area (Å²) in [5.41, 5.74) is 12.6. The van der Waals surface area contributed by atoms with Crippen LogP contribution in [0.15, 0.2) is 29.3 Å². The number of aromatic nitrogens is 2. The Morgan fingerprint density at radius 3 is 2.80 bits per heavy atom. The molecule has 0 bridgehead atoms. The van der Waals surface area contributed by atoms with Gasteiger partial charge in [0.15, 0.2) is 5.96 Å². The minimum Gasteiger partial charge on any atom is -0.370 e. The molecule has 0 unspecified atom stereocenters. The van der Waals surface area contributed by atoms with E-state index >= 15 is 0 Å². The summed E-state index contributed by atoms with van der Waals surface area (Å²) >= 11 is 0. The van der Waals surface area contributed by atoms with Gasteiger partial charge >= 0.3 is 0 Å². The van der Waals surface area contributed by atoms with Gasteiger partial charge in [-0.2, -0.15) is 0 Å². The maximum atomic E-state index is 5.28. The van der Waals surface area contributed by atoms with Crippen molar-refractivity contribution in [1.82, 2.24) is 9.55 Å². The Hall–Kier alpha value is -2.04. The first-order valence-corrected chi connectivity index (χ1v) is 4.64. The van der Waals surface area contributed by atoms with Crippen molar-refractivity contribution in [3.63, 3.8) is 0 Å². The van der Waals surface area contributed by atoms with Crippen molar-refractivity contribution in [2.45, 2.75) is 6.54 Å². The summed E-state index contributed by atoms with van der Waals surface area (Å²) in [6, 6.07) is 7.92. The van der Waals surface area contributed by atoms with E-state index in [9.17, 15) is 0 Å². The fraction of sp³-hybridized carbons (Fsp3) is 0.200. The molecule has 2 rings (SSSR count). The summed E-state index contributed by atoms with van der Waals surface area (Å²) in [5.74, 6) is 0.937. The number of para-hydroxylation sites is 2. The highest BCUT2D eigenvalue weighted by Gasteiger charge is 2.05. The van der Waals surface area contributed by atoms with Crippen LogP contribution in [0, 0.1) is 0 Å². The summed E-state index contributed by atoms with van der Waals surface area (Å²) in [6.07, 6.45) is 0. The van der Waals surface area contributed by atoms with Gasteiger partial charge in [-0.1, -0.05) is 12.1 Å². The smallest absolute Gasteiger partial charge is 0.186 e. The molecule has 1 aromatic heterocycles. The molecule has 0 saturated carbocycles. The number of imidazole rings is 1. The Balaban J connectivity index is 2.44. The average Bonchev–Trinajstić information content (AvgIpc) is 2.54. The normalized spacial score (nSPS) is 10.5. The highest BCUT2D eigenvalue weighted by atomic mass is 15.1. The van der Waals surface area contributed by atoms with Crippen molar-refractivity contribution in [2.75, 3.05) is 0 Å². The van der Waals surface area contributed by atoms with Crippen LogP contribution < -0.4 is 11.5 Å². The molecule has 15 heavy (non-hydrogen) atoms. The van der Waals surface area contributed by atoms with Gasteiger partial charge in [-0.25, -0.2) is 9.98 Å². The predicted octanol–water partition coefficient (Wildman–Crippen LogP) is 0.347. The summed E-state index contributed by atoms with van der Waals surface area (Å²) < 4.78 is 1.99. The minimum absolute atomic E-state index is 0.0852. The van der Waals surface area contributed by atoms with Gasteiger partial charge in [0.1, 0.15) is 12.4 Å². The number of hydrogen-bond donors (Lipinski definition) is 2. The first kappa shape index (κ1) is 9.51. The lowest BCUT2D eigenvalue weighted by Gasteiger charge is -1.98. The molecule has 0 aliphatic heterocycles. The lowest BCUT2D eigenvalue weighted by molar-refractivity contribution is 0.812. The molecule has 5 nitrogen and oxygen atoms in total. The molecule has 1 heterocycles. The van der Waals surface area contributed by atoms with E-state index < -0.39 is 0 Å². The fourth-order valence-electron chi connectivity index (χ4n) is 1.50. The lowest BCUT2D eigenvalue weighted by Crippen LogP contribution is -2.22. The largest absolute Gasteiger partial charge is 0.370 e. The van der Waals surface area contributed by atoms with Crippen molar-refractivity contribution in [3.05, 3.63) is 30.1 Å². The van der Waals surface area contributed by atoms with Crippen LogP contribution in [-0.4, -0.2) is 15.5 Å². The zero-order valence-electron chi connectivity index (χ0n) is 8.51. The number of aliphatic imine (C=N–C) groups is 1. The van der Waals surface area contributed by atoms with Gasteiger partial charge in [-0.05, 0) is 12.1 Å². The summed E-state index contributed by atoms with van der Waals surface area (Å²) in [4.78, 5) is 8.37. The average molecular weight is 203 g/mol. The molecule has 1 aromatic carbocycles. The molecule has 0 amide bonds. The number of nitrogens with two attached hydrogens (primary N) is 2. The van der Waals surface area contributed by atoms with Crippen molar-refractivity contribution in [1.29, 1.82) is 0 Å². The maximum absolute atomic E-state index is 5.28. The first-order valence-electron chi connectivity index (χ1n) is 4.64. The van der Waals surface area contributed by atoms with Gasteiger partial charge in [0, 0.05) is 7.05 Å². The van der Waals surface area contributed by atoms with Gasteiger partial charge in [-0.15, -0.1) is 0 Å². The number of rotatable bonds is 2. The van der Waals surface area contributed by atoms with Crippen LogP contribution in [-0.2, 0) is 13.6 Å². The molecule has 0 saturated heterocycles. The zero-order valence-corrected chi connectivity index (χ0v) is 8.51. The Morgan fingerprint density at radius 1 is 1.40 bits per heavy atom. The third-order valence-corrected chi connectivity index (χ3v) is 2.28. The minimum atomic E-state index is 0.0852. The van der Waals surface area contributed by atoms with Crippen LogP contribution >= 0.6 is 0 Å². The Bertz CT molecular complexity index is 508. The standard InChI is InChI=1S/C10H13N5/c1-15-8-5-3-2-4-7(8)14-9(15)6-13-10(11)12/h2-5H,6H2,1H3,(H4,11,12,13). The molecule has 0 atom stereocenters. The van der Waals surface area contributed by atoms with Crippen LogP contribution in [0.3, 0.4) is 0 Å². The second-order valence-electron chi connectivity index (χ2n) is 3.32. The Morgan fingerprint density at radius 2 is 2.13 bits per heavy atom. The molecule has 0 fully saturated rings. The third-order valence-electron chi connectivity index (χ3n) is 2.28. The van der Waals surface area contributed by atoms with E-state index in [4.69, 9.17) is 11.5 Å². The molecule has 0 aliphatic carbocycles. The number of guanidine groups is 1. The van der Waals surface area contributed by atoms with Crippen molar-refractivity contribution in [3.8, 4) is 0 Å². The Labute approximate surface area is 87.4 Å². The summed E-state index contributed by atoms with van der Waals surface area (Å²) in [7, 11) is 1.95. The second kappa shape index (κ2) is 3.61. The van der Waals surface area contributed by atoms with Crippen LogP contribution in [0.2, 0.25) is 0 Å². The number of fused-ring (bicyclic) bond motifs is 1. The monoisotopic (exact) mass is 203 g/mol. The van der Waals surface area contributed by atoms with E-state index in [0.717, 1.165) is 16.9 Å². The number of nitrogens with zero attached hydrogens (tertiary/aromatic N) is 3. The van der Waals surface area contributed by atoms with E-state index in [2.05, 4.69) is 9.98 Å². The number of benzene rings is 1. The maximum Gasteiger partial charge on any atom is 0.186 e. The van der Waals surface area contributed by atoms with E-state index in [1.807, 2.05) is 35.9 Å². The molecule has 5 heteroatoms. The van der Waals surface area contributed by atoms with Gasteiger partial charge in [0.25, 0.3) is 0 Å². The molecule has 78 valence electrons. The van der Waals surface area contributed by atoms with Crippen LogP contribution in [0.1, 0.15) is 5.82 Å². The molecule has 0 spiro atoms. The second-order valence-corrected chi connectivity index (χ2v) is 3.32. The SMILES string of the molecule is Cn1c(CN=C(N)N)nc2ccccc21. The summed E-state index contributed by atoms with van der Waals surface area (Å²) in [5, 5.41) is 0. The van der Waals surface area contributed by atoms with Crippen LogP contribution in [0.4, 0.5) is 0 Å². The van der Waals surface area contributed by atoms with Gasteiger partial charge < -0.3 is 16.0 Å². The fourth-order valence-corrected chi connectivity index (χ4v) is 1.50. The highest BCUT2D eigenvalue weighted by Crippen LogP contribution is 2.14. The van der Waals surface area contributed by atoms with Crippen molar-refractivity contribution < 1.29 is 0 Å². The third kappa shape index (κ3) is 1.76. The number of aryl methyl sites for hydroxylation is 1. The van der Waals surface area contributed by atoms with Crippen molar-refractivity contribution in [2.24, 2.45) is 23.5 Å². The van der Waals surface area contributed by atoms with Gasteiger partial charge in [0.05, 0.1) is 11.0 Å². The number of hydrogen-bond acceptors (Lipinski definition) is 2. The van der Waals surface area contributed by atoms with Crippen LogP contribution in [0.5, 0.6) is 0 Å². The molecular weight excluding hydrogens is 190 g/mol. The van der Waals surface area contributed by atoms with E-state index in [0.29, 0.717) is 6.54 Å². The van der Waals surface area contributed by atoms with Gasteiger partial charge in [-0.3, -0.25) is 0 Å². The van der Waals surface area contributed by atoms with E-state index in [-0.39, 0.29) is 5.96 Å². The quantitative estimate of drug-likeness (QED) is 0.545. The zero-order chi connectivity index (χ0) is 10.8. The molecule has 4 N–H and O–H groups in total. The van der Waals surface area contributed by atoms with Crippen LogP contribution in [0.25, 0.3) is 11.0 Å². The lowest BCUT2D eigenvalue weighted by atomic mass is 10.3. The topological polar surface area (TPSA) is 82.2 Å². The molecular formula is C10H13N5. The first-order chi connectivity index (χ1) is 7.18. The highest BCUT2D eigenvalue weighted by molar-refractivity contribution is 5.77. The van der Waals surface area contributed by atoms with E-state index in [1.165, 1.54) is 0 Å². The predicted molar refractivity (Wildman–Crippen MR) is 60.2 cm³/mol. The van der Waals surface area contributed by atoms with Crippen molar-refractivity contribution >= 4 is 17.0 Å². The molecule has 2 aromatic rings. The Kier molecular flexibility index (Phi) is 2.29. The molecule has 0 radical (unpaired) electrons.